The van der Waals surface area contributed by atoms with Gasteiger partial charge in [0.1, 0.15) is 6.33 Å². The van der Waals surface area contributed by atoms with E-state index in [9.17, 15) is 0 Å². The Morgan fingerprint density at radius 1 is 1.35 bits per heavy atom. The van der Waals surface area contributed by atoms with Crippen LogP contribution in [0.15, 0.2) is 24.7 Å². The Labute approximate surface area is 119 Å². The lowest BCUT2D eigenvalue weighted by molar-refractivity contribution is 0.396. The van der Waals surface area contributed by atoms with Crippen molar-refractivity contribution >= 4 is 0 Å². The van der Waals surface area contributed by atoms with Crippen molar-refractivity contribution in [1.29, 1.82) is 0 Å². The molecule has 0 aliphatic heterocycles. The Kier molecular flexibility index (Phi) is 4.68. The molecule has 0 radical (unpaired) electrons. The predicted molar refractivity (Wildman–Crippen MR) is 76.5 cm³/mol. The van der Waals surface area contributed by atoms with E-state index in [0.717, 1.165) is 12.2 Å². The fourth-order valence-corrected chi connectivity index (χ4v) is 2.16. The summed E-state index contributed by atoms with van der Waals surface area (Å²) in [6, 6.07) is 4.39. The first-order valence-electron chi connectivity index (χ1n) is 6.69. The quantitative estimate of drug-likeness (QED) is 0.865. The summed E-state index contributed by atoms with van der Waals surface area (Å²) in [6.45, 7) is 4.21. The highest BCUT2D eigenvalue weighted by Gasteiger charge is 2.13. The molecule has 0 saturated carbocycles. The number of pyridine rings is 1. The Morgan fingerprint density at radius 3 is 2.80 bits per heavy atom. The summed E-state index contributed by atoms with van der Waals surface area (Å²) in [6.07, 6.45) is 4.38. The summed E-state index contributed by atoms with van der Waals surface area (Å²) < 4.78 is 6.85. The first-order chi connectivity index (χ1) is 9.58. The molecular weight excluding hydrogens is 254 g/mol. The van der Waals surface area contributed by atoms with E-state index in [2.05, 4.69) is 34.2 Å². The van der Waals surface area contributed by atoms with E-state index < -0.39 is 0 Å². The summed E-state index contributed by atoms with van der Waals surface area (Å²) in [5.41, 5.74) is 1.19. The minimum Gasteiger partial charge on any atom is -0.481 e. The number of hydrogen-bond acceptors (Lipinski definition) is 5. The first-order valence-corrected chi connectivity index (χ1v) is 6.69. The summed E-state index contributed by atoms with van der Waals surface area (Å²) >= 11 is 0. The number of rotatable bonds is 6. The van der Waals surface area contributed by atoms with Crippen LogP contribution in [0.2, 0.25) is 0 Å². The highest BCUT2D eigenvalue weighted by atomic mass is 16.5. The fraction of sp³-hybridized carbons (Fsp3) is 0.500. The maximum Gasteiger partial charge on any atom is 0.213 e. The summed E-state index contributed by atoms with van der Waals surface area (Å²) in [4.78, 5) is 8.37. The molecule has 2 atom stereocenters. The molecule has 0 aromatic carbocycles. The van der Waals surface area contributed by atoms with Crippen molar-refractivity contribution in [2.24, 2.45) is 7.05 Å². The van der Waals surface area contributed by atoms with Crippen LogP contribution in [0.25, 0.3) is 0 Å². The zero-order valence-electron chi connectivity index (χ0n) is 12.4. The highest BCUT2D eigenvalue weighted by molar-refractivity contribution is 5.21. The molecule has 6 nitrogen and oxygen atoms in total. The van der Waals surface area contributed by atoms with E-state index >= 15 is 0 Å². The van der Waals surface area contributed by atoms with Crippen LogP contribution >= 0.6 is 0 Å². The summed E-state index contributed by atoms with van der Waals surface area (Å²) in [7, 11) is 3.50. The molecule has 2 aromatic heterocycles. The molecule has 0 saturated heterocycles. The second kappa shape index (κ2) is 6.47. The van der Waals surface area contributed by atoms with E-state index in [1.54, 1.807) is 24.3 Å². The molecule has 2 aromatic rings. The molecule has 6 heteroatoms. The second-order valence-electron chi connectivity index (χ2n) is 4.98. The van der Waals surface area contributed by atoms with Crippen LogP contribution in [0.3, 0.4) is 0 Å². The van der Waals surface area contributed by atoms with E-state index in [4.69, 9.17) is 4.74 Å². The maximum atomic E-state index is 5.14. The van der Waals surface area contributed by atoms with Crippen LogP contribution in [-0.4, -0.2) is 32.9 Å². The normalized spacial score (nSPS) is 14.0. The number of aryl methyl sites for hydroxylation is 1. The standard InChI is InChI=1S/C14H21N5O/c1-10(7-12-5-6-15-13(8-12)20-4)17-11(2)14-16-9-19(3)18-14/h5-6,8-11,17H,7H2,1-4H3/t10-,11+/m1/s1. The number of ether oxygens (including phenoxy) is 1. The first kappa shape index (κ1) is 14.5. The largest absolute Gasteiger partial charge is 0.481 e. The van der Waals surface area contributed by atoms with E-state index in [1.807, 2.05) is 19.2 Å². The van der Waals surface area contributed by atoms with Gasteiger partial charge < -0.3 is 10.1 Å². The number of methoxy groups -OCH3 is 1. The van der Waals surface area contributed by atoms with E-state index in [0.29, 0.717) is 11.9 Å². The summed E-state index contributed by atoms with van der Waals surface area (Å²) in [5, 5.41) is 7.81. The molecule has 0 fully saturated rings. The zero-order chi connectivity index (χ0) is 14.5. The van der Waals surface area contributed by atoms with Crippen LogP contribution in [0.5, 0.6) is 5.88 Å². The highest BCUT2D eigenvalue weighted by Crippen LogP contribution is 2.12. The van der Waals surface area contributed by atoms with Gasteiger partial charge in [-0.1, -0.05) is 0 Å². The molecule has 20 heavy (non-hydrogen) atoms. The van der Waals surface area contributed by atoms with Crippen molar-refractivity contribution < 1.29 is 4.74 Å². The molecule has 0 unspecified atom stereocenters. The second-order valence-corrected chi connectivity index (χ2v) is 4.98. The molecule has 2 heterocycles. The molecule has 0 aliphatic rings. The Balaban J connectivity index is 1.93. The molecule has 2 rings (SSSR count). The van der Waals surface area contributed by atoms with Gasteiger partial charge in [0.15, 0.2) is 5.82 Å². The van der Waals surface area contributed by atoms with Crippen LogP contribution < -0.4 is 10.1 Å². The number of hydrogen-bond donors (Lipinski definition) is 1. The topological polar surface area (TPSA) is 64.9 Å². The van der Waals surface area contributed by atoms with E-state index in [-0.39, 0.29) is 6.04 Å². The summed E-state index contributed by atoms with van der Waals surface area (Å²) in [5.74, 6) is 1.46. The Morgan fingerprint density at radius 2 is 2.15 bits per heavy atom. The third-order valence-electron chi connectivity index (χ3n) is 3.09. The van der Waals surface area contributed by atoms with Gasteiger partial charge in [-0.2, -0.15) is 5.10 Å². The van der Waals surface area contributed by atoms with Crippen LogP contribution in [0.1, 0.15) is 31.3 Å². The van der Waals surface area contributed by atoms with Crippen LogP contribution in [0, 0.1) is 0 Å². The lowest BCUT2D eigenvalue weighted by Crippen LogP contribution is -2.31. The number of nitrogens with zero attached hydrogens (tertiary/aromatic N) is 4. The van der Waals surface area contributed by atoms with Gasteiger partial charge in [-0.25, -0.2) is 9.97 Å². The SMILES string of the molecule is COc1cc(C[C@@H](C)N[C@@H](C)c2ncn(C)n2)ccn1. The van der Waals surface area contributed by atoms with Gasteiger partial charge in [0.2, 0.25) is 5.88 Å². The molecule has 0 bridgehead atoms. The van der Waals surface area contributed by atoms with Gasteiger partial charge in [-0.15, -0.1) is 0 Å². The van der Waals surface area contributed by atoms with Crippen LogP contribution in [0.4, 0.5) is 0 Å². The van der Waals surface area contributed by atoms with Gasteiger partial charge in [-0.05, 0) is 31.9 Å². The van der Waals surface area contributed by atoms with Crippen molar-refractivity contribution in [3.05, 3.63) is 36.0 Å². The number of aromatic nitrogens is 4. The van der Waals surface area contributed by atoms with Crippen molar-refractivity contribution in [2.45, 2.75) is 32.4 Å². The minimum absolute atomic E-state index is 0.120. The van der Waals surface area contributed by atoms with Crippen molar-refractivity contribution in [1.82, 2.24) is 25.1 Å². The molecule has 108 valence electrons. The minimum atomic E-state index is 0.120. The third-order valence-corrected chi connectivity index (χ3v) is 3.09. The third kappa shape index (κ3) is 3.77. The fourth-order valence-electron chi connectivity index (χ4n) is 2.16. The molecular formula is C14H21N5O. The molecule has 0 spiro atoms. The van der Waals surface area contributed by atoms with Gasteiger partial charge in [0.05, 0.1) is 13.2 Å². The maximum absolute atomic E-state index is 5.14. The Bertz CT molecular complexity index is 554. The van der Waals surface area contributed by atoms with Gasteiger partial charge in [-0.3, -0.25) is 4.68 Å². The van der Waals surface area contributed by atoms with Gasteiger partial charge in [0, 0.05) is 25.4 Å². The lowest BCUT2D eigenvalue weighted by atomic mass is 10.1. The van der Waals surface area contributed by atoms with Crippen LogP contribution in [-0.2, 0) is 13.5 Å². The predicted octanol–water partition coefficient (Wildman–Crippen LogP) is 1.50. The van der Waals surface area contributed by atoms with E-state index in [1.165, 1.54) is 5.56 Å². The Hall–Kier alpha value is -1.95. The molecule has 0 aliphatic carbocycles. The molecule has 0 amide bonds. The van der Waals surface area contributed by atoms with Gasteiger partial charge >= 0.3 is 0 Å². The van der Waals surface area contributed by atoms with Gasteiger partial charge in [0.25, 0.3) is 0 Å². The average molecular weight is 275 g/mol. The smallest absolute Gasteiger partial charge is 0.213 e. The zero-order valence-corrected chi connectivity index (χ0v) is 12.4. The number of nitrogens with one attached hydrogen (secondary N) is 1. The van der Waals surface area contributed by atoms with Crippen molar-refractivity contribution in [3.63, 3.8) is 0 Å². The van der Waals surface area contributed by atoms with Crippen molar-refractivity contribution in [3.8, 4) is 5.88 Å². The lowest BCUT2D eigenvalue weighted by Gasteiger charge is -2.18. The monoisotopic (exact) mass is 275 g/mol. The van der Waals surface area contributed by atoms with Crippen molar-refractivity contribution in [2.75, 3.05) is 7.11 Å². The molecule has 1 N–H and O–H groups in total. The average Bonchev–Trinajstić information content (AvgIpc) is 2.85.